The Labute approximate surface area is 113 Å². The lowest BCUT2D eigenvalue weighted by atomic mass is 9.93. The van der Waals surface area contributed by atoms with Gasteiger partial charge in [-0.05, 0) is 38.1 Å². The molecule has 1 fully saturated rings. The summed E-state index contributed by atoms with van der Waals surface area (Å²) in [6, 6.07) is 10.4. The molecule has 4 heteroatoms. The second-order valence-corrected chi connectivity index (χ2v) is 5.23. The van der Waals surface area contributed by atoms with E-state index < -0.39 is 0 Å². The van der Waals surface area contributed by atoms with Crippen molar-refractivity contribution in [2.75, 3.05) is 26.2 Å². The largest absolute Gasteiger partial charge is 0.329 e. The number of aromatic nitrogens is 2. The van der Waals surface area contributed by atoms with Crippen molar-refractivity contribution >= 4 is 10.9 Å². The molecule has 1 saturated heterocycles. The fraction of sp³-hybridized carbons (Fsp3) is 0.467. The van der Waals surface area contributed by atoms with Crippen LogP contribution in [-0.2, 0) is 0 Å². The van der Waals surface area contributed by atoms with Gasteiger partial charge in [-0.25, -0.2) is 0 Å². The van der Waals surface area contributed by atoms with Crippen molar-refractivity contribution in [2.24, 2.45) is 5.73 Å². The molecule has 4 nitrogen and oxygen atoms in total. The third-order valence-electron chi connectivity index (χ3n) is 3.96. The third-order valence-corrected chi connectivity index (χ3v) is 3.96. The van der Waals surface area contributed by atoms with E-state index in [-0.39, 0.29) is 0 Å². The molecular weight excluding hydrogens is 236 g/mol. The molecule has 0 aliphatic carbocycles. The summed E-state index contributed by atoms with van der Waals surface area (Å²) in [5.74, 6) is 0.547. The molecular formula is C15H20N4. The van der Waals surface area contributed by atoms with Gasteiger partial charge < -0.3 is 10.6 Å². The van der Waals surface area contributed by atoms with Gasteiger partial charge in [0, 0.05) is 24.4 Å². The molecule has 2 N–H and O–H groups in total. The lowest BCUT2D eigenvalue weighted by Gasteiger charge is -2.31. The third kappa shape index (κ3) is 2.74. The Morgan fingerprint density at radius 1 is 1.16 bits per heavy atom. The minimum absolute atomic E-state index is 0.547. The zero-order chi connectivity index (χ0) is 13.1. The molecule has 0 unspecified atom stereocenters. The molecule has 0 bridgehead atoms. The van der Waals surface area contributed by atoms with Gasteiger partial charge in [0.05, 0.1) is 11.2 Å². The van der Waals surface area contributed by atoms with Crippen molar-refractivity contribution < 1.29 is 0 Å². The molecule has 0 atom stereocenters. The van der Waals surface area contributed by atoms with Crippen LogP contribution in [0, 0.1) is 0 Å². The van der Waals surface area contributed by atoms with E-state index in [4.69, 9.17) is 5.73 Å². The lowest BCUT2D eigenvalue weighted by molar-refractivity contribution is 0.216. The zero-order valence-corrected chi connectivity index (χ0v) is 11.1. The smallest absolute Gasteiger partial charge is 0.0929 e. The molecule has 1 aromatic heterocycles. The van der Waals surface area contributed by atoms with Gasteiger partial charge in [0.1, 0.15) is 0 Å². The molecule has 3 rings (SSSR count). The Bertz CT molecular complexity index is 547. The average Bonchev–Trinajstić information content (AvgIpc) is 2.48. The van der Waals surface area contributed by atoms with Crippen LogP contribution < -0.4 is 5.73 Å². The number of likely N-dealkylation sites (tertiary alicyclic amines) is 1. The first-order valence-corrected chi connectivity index (χ1v) is 7.01. The van der Waals surface area contributed by atoms with Gasteiger partial charge in [0.15, 0.2) is 0 Å². The highest BCUT2D eigenvalue weighted by atomic mass is 15.1. The standard InChI is InChI=1S/C15H20N4/c16-7-10-19-8-5-12(6-9-19)15-11-13-3-1-2-4-14(13)17-18-15/h1-4,11-12H,5-10,16H2. The van der Waals surface area contributed by atoms with E-state index in [1.165, 1.54) is 5.39 Å². The molecule has 1 aromatic carbocycles. The number of hydrogen-bond acceptors (Lipinski definition) is 4. The summed E-state index contributed by atoms with van der Waals surface area (Å²) in [7, 11) is 0. The second kappa shape index (κ2) is 5.63. The minimum atomic E-state index is 0.547. The van der Waals surface area contributed by atoms with Crippen LogP contribution in [-0.4, -0.2) is 41.3 Å². The second-order valence-electron chi connectivity index (χ2n) is 5.23. The van der Waals surface area contributed by atoms with Crippen molar-refractivity contribution in [2.45, 2.75) is 18.8 Å². The van der Waals surface area contributed by atoms with Crippen molar-refractivity contribution in [3.05, 3.63) is 36.0 Å². The SMILES string of the molecule is NCCN1CCC(c2cc3ccccc3nn2)CC1. The molecule has 100 valence electrons. The van der Waals surface area contributed by atoms with E-state index in [1.54, 1.807) is 0 Å². The number of nitrogens with two attached hydrogens (primary N) is 1. The van der Waals surface area contributed by atoms with Crippen molar-refractivity contribution in [3.63, 3.8) is 0 Å². The highest BCUT2D eigenvalue weighted by Crippen LogP contribution is 2.27. The van der Waals surface area contributed by atoms with E-state index in [0.717, 1.165) is 50.2 Å². The molecule has 0 saturated carbocycles. The molecule has 2 aromatic rings. The van der Waals surface area contributed by atoms with E-state index in [0.29, 0.717) is 5.92 Å². The Kier molecular flexibility index (Phi) is 3.71. The summed E-state index contributed by atoms with van der Waals surface area (Å²) in [6.45, 7) is 4.00. The van der Waals surface area contributed by atoms with Crippen LogP contribution in [0.3, 0.4) is 0 Å². The summed E-state index contributed by atoms with van der Waals surface area (Å²) in [6.07, 6.45) is 2.32. The lowest BCUT2D eigenvalue weighted by Crippen LogP contribution is -2.36. The number of fused-ring (bicyclic) bond motifs is 1. The maximum atomic E-state index is 5.60. The maximum Gasteiger partial charge on any atom is 0.0929 e. The van der Waals surface area contributed by atoms with E-state index >= 15 is 0 Å². The summed E-state index contributed by atoms with van der Waals surface area (Å²) in [4.78, 5) is 2.44. The first kappa shape index (κ1) is 12.5. The van der Waals surface area contributed by atoms with Crippen molar-refractivity contribution in [1.82, 2.24) is 15.1 Å². The van der Waals surface area contributed by atoms with Gasteiger partial charge in [0.25, 0.3) is 0 Å². The van der Waals surface area contributed by atoms with Crippen LogP contribution in [0.1, 0.15) is 24.5 Å². The minimum Gasteiger partial charge on any atom is -0.329 e. The Hall–Kier alpha value is -1.52. The number of hydrogen-bond donors (Lipinski definition) is 1. The molecule has 0 radical (unpaired) electrons. The monoisotopic (exact) mass is 256 g/mol. The number of nitrogens with zero attached hydrogens (tertiary/aromatic N) is 3. The van der Waals surface area contributed by atoms with Gasteiger partial charge >= 0.3 is 0 Å². The van der Waals surface area contributed by atoms with Gasteiger partial charge in [-0.15, -0.1) is 0 Å². The summed E-state index contributed by atoms with van der Waals surface area (Å²) in [5, 5.41) is 9.93. The molecule has 1 aliphatic heterocycles. The average molecular weight is 256 g/mol. The van der Waals surface area contributed by atoms with E-state index in [1.807, 2.05) is 12.1 Å². The van der Waals surface area contributed by atoms with Crippen molar-refractivity contribution in [3.8, 4) is 0 Å². The van der Waals surface area contributed by atoms with Crippen LogP contribution in [0.2, 0.25) is 0 Å². The van der Waals surface area contributed by atoms with Gasteiger partial charge in [-0.1, -0.05) is 18.2 Å². The van der Waals surface area contributed by atoms with E-state index in [2.05, 4.69) is 33.3 Å². The molecule has 0 spiro atoms. The summed E-state index contributed by atoms with van der Waals surface area (Å²) < 4.78 is 0. The topological polar surface area (TPSA) is 55.0 Å². The molecule has 19 heavy (non-hydrogen) atoms. The Morgan fingerprint density at radius 2 is 1.95 bits per heavy atom. The quantitative estimate of drug-likeness (QED) is 0.909. The maximum absolute atomic E-state index is 5.60. The summed E-state index contributed by atoms with van der Waals surface area (Å²) in [5.41, 5.74) is 7.73. The van der Waals surface area contributed by atoms with Gasteiger partial charge in [-0.3, -0.25) is 0 Å². The number of piperidine rings is 1. The first-order valence-electron chi connectivity index (χ1n) is 7.01. The number of benzene rings is 1. The fourth-order valence-corrected chi connectivity index (χ4v) is 2.83. The highest BCUT2D eigenvalue weighted by Gasteiger charge is 2.21. The highest BCUT2D eigenvalue weighted by molar-refractivity contribution is 5.77. The van der Waals surface area contributed by atoms with E-state index in [9.17, 15) is 0 Å². The zero-order valence-electron chi connectivity index (χ0n) is 11.1. The van der Waals surface area contributed by atoms with Crippen LogP contribution in [0.15, 0.2) is 30.3 Å². The predicted octanol–water partition coefficient (Wildman–Crippen LogP) is 1.77. The van der Waals surface area contributed by atoms with Gasteiger partial charge in [-0.2, -0.15) is 10.2 Å². The Morgan fingerprint density at radius 3 is 2.74 bits per heavy atom. The predicted molar refractivity (Wildman–Crippen MR) is 77.0 cm³/mol. The van der Waals surface area contributed by atoms with Crippen LogP contribution in [0.5, 0.6) is 0 Å². The normalized spacial score (nSPS) is 17.9. The van der Waals surface area contributed by atoms with Crippen LogP contribution in [0.25, 0.3) is 10.9 Å². The van der Waals surface area contributed by atoms with Crippen LogP contribution >= 0.6 is 0 Å². The summed E-state index contributed by atoms with van der Waals surface area (Å²) >= 11 is 0. The van der Waals surface area contributed by atoms with Crippen molar-refractivity contribution in [1.29, 1.82) is 0 Å². The molecule has 0 amide bonds. The number of rotatable bonds is 3. The van der Waals surface area contributed by atoms with Crippen LogP contribution in [0.4, 0.5) is 0 Å². The van der Waals surface area contributed by atoms with Gasteiger partial charge in [0.2, 0.25) is 0 Å². The fourth-order valence-electron chi connectivity index (χ4n) is 2.83. The molecule has 2 heterocycles. The first-order chi connectivity index (χ1) is 9.36. The molecule has 1 aliphatic rings. The Balaban J connectivity index is 1.74.